The number of hydrogen-bond donors (Lipinski definition) is 1. The number of benzene rings is 2. The van der Waals surface area contributed by atoms with Crippen LogP contribution in [-0.2, 0) is 11.0 Å². The molecule has 4 aromatic rings. The first-order valence-corrected chi connectivity index (χ1v) is 11.3. The zero-order valence-electron chi connectivity index (χ0n) is 18.9. The van der Waals surface area contributed by atoms with Crippen LogP contribution in [0.25, 0.3) is 5.65 Å². The molecule has 1 fully saturated rings. The van der Waals surface area contributed by atoms with Gasteiger partial charge in [0.1, 0.15) is 5.82 Å². The summed E-state index contributed by atoms with van der Waals surface area (Å²) >= 11 is 0. The Bertz CT molecular complexity index is 1380. The van der Waals surface area contributed by atoms with E-state index >= 15 is 0 Å². The number of carbonyl (C=O) groups excluding carboxylic acids is 1. The minimum absolute atomic E-state index is 0.0212. The molecule has 36 heavy (non-hydrogen) atoms. The van der Waals surface area contributed by atoms with Gasteiger partial charge in [0.15, 0.2) is 5.65 Å². The largest absolute Gasteiger partial charge is 0.453 e. The Labute approximate surface area is 203 Å². The summed E-state index contributed by atoms with van der Waals surface area (Å²) in [4.78, 5) is 14.6. The Hall–Kier alpha value is -4.35. The number of fused-ring (bicyclic) bond motifs is 1. The first-order valence-electron chi connectivity index (χ1n) is 11.3. The van der Waals surface area contributed by atoms with Crippen LogP contribution < -0.4 is 10.2 Å². The average molecular weight is 494 g/mol. The monoisotopic (exact) mass is 494 g/mol. The number of hydrogen-bond acceptors (Lipinski definition) is 7. The van der Waals surface area contributed by atoms with E-state index in [2.05, 4.69) is 30.8 Å². The highest BCUT2D eigenvalue weighted by Crippen LogP contribution is 2.29. The molecule has 5 rings (SSSR count). The molecule has 2 aromatic carbocycles. The summed E-state index contributed by atoms with van der Waals surface area (Å²) in [6.07, 6.45) is -3.56. The van der Waals surface area contributed by atoms with E-state index in [1.807, 2.05) is 35.2 Å². The number of azo groups is 1. The number of alkyl halides is 3. The Morgan fingerprint density at radius 2 is 1.56 bits per heavy atom. The van der Waals surface area contributed by atoms with Crippen LogP contribution in [0.2, 0.25) is 0 Å². The number of rotatable bonds is 5. The number of anilines is 2. The minimum atomic E-state index is -4.65. The van der Waals surface area contributed by atoms with Gasteiger partial charge in [0, 0.05) is 24.7 Å². The number of piperidine rings is 1. The number of carbonyl (C=O) groups is 1. The second-order valence-electron chi connectivity index (χ2n) is 8.32. The molecule has 184 valence electrons. The van der Waals surface area contributed by atoms with Crippen LogP contribution in [0, 0.1) is 5.92 Å². The fraction of sp³-hybridized carbons (Fsp3) is 0.250. The second kappa shape index (κ2) is 9.72. The molecule has 1 N–H and O–H groups in total. The maximum absolute atomic E-state index is 13.1. The molecule has 1 amide bonds. The maximum atomic E-state index is 13.1. The van der Waals surface area contributed by atoms with Gasteiger partial charge in [-0.05, 0) is 61.4 Å². The van der Waals surface area contributed by atoms with Crippen molar-refractivity contribution in [3.63, 3.8) is 0 Å². The third-order valence-corrected chi connectivity index (χ3v) is 5.86. The van der Waals surface area contributed by atoms with Gasteiger partial charge in [-0.1, -0.05) is 18.2 Å². The minimum Gasteiger partial charge on any atom is -0.355 e. The van der Waals surface area contributed by atoms with E-state index in [1.54, 1.807) is 30.3 Å². The molecule has 0 bridgehead atoms. The van der Waals surface area contributed by atoms with Gasteiger partial charge in [0.25, 0.3) is 5.82 Å². The van der Waals surface area contributed by atoms with Gasteiger partial charge >= 0.3 is 6.18 Å². The van der Waals surface area contributed by atoms with Gasteiger partial charge in [-0.25, -0.2) is 0 Å². The van der Waals surface area contributed by atoms with Crippen LogP contribution in [0.3, 0.4) is 0 Å². The molecule has 12 heteroatoms. The Morgan fingerprint density at radius 1 is 0.889 bits per heavy atom. The molecule has 0 spiro atoms. The van der Waals surface area contributed by atoms with Crippen LogP contribution in [-0.4, -0.2) is 38.8 Å². The SMILES string of the molecule is O=C(Nc1ccc(N=Nc2ccccc2)cc1)C1CCN(c2ccc3nnc(C(F)(F)F)n3n2)CC1. The van der Waals surface area contributed by atoms with Crippen molar-refractivity contribution in [3.05, 3.63) is 72.6 Å². The molecule has 3 heterocycles. The van der Waals surface area contributed by atoms with Crippen molar-refractivity contribution >= 4 is 34.4 Å². The highest BCUT2D eigenvalue weighted by molar-refractivity contribution is 5.92. The zero-order chi connectivity index (χ0) is 25.1. The molecule has 0 saturated carbocycles. The lowest BCUT2D eigenvalue weighted by atomic mass is 9.96. The second-order valence-corrected chi connectivity index (χ2v) is 8.32. The quantitative estimate of drug-likeness (QED) is 0.374. The van der Waals surface area contributed by atoms with Gasteiger partial charge < -0.3 is 10.2 Å². The lowest BCUT2D eigenvalue weighted by molar-refractivity contribution is -0.146. The number of nitrogens with zero attached hydrogens (tertiary/aromatic N) is 7. The van der Waals surface area contributed by atoms with Gasteiger partial charge in [0.05, 0.1) is 11.4 Å². The van der Waals surface area contributed by atoms with Crippen molar-refractivity contribution in [3.8, 4) is 0 Å². The van der Waals surface area contributed by atoms with Gasteiger partial charge in [-0.3, -0.25) is 4.79 Å². The summed E-state index contributed by atoms with van der Waals surface area (Å²) in [6, 6.07) is 19.5. The van der Waals surface area contributed by atoms with E-state index in [4.69, 9.17) is 0 Å². The molecule has 0 atom stereocenters. The lowest BCUT2D eigenvalue weighted by Crippen LogP contribution is -2.38. The van der Waals surface area contributed by atoms with E-state index in [-0.39, 0.29) is 17.5 Å². The van der Waals surface area contributed by atoms with Crippen molar-refractivity contribution in [1.82, 2.24) is 19.8 Å². The normalized spacial score (nSPS) is 15.0. The molecule has 9 nitrogen and oxygen atoms in total. The molecule has 1 saturated heterocycles. The lowest BCUT2D eigenvalue weighted by Gasteiger charge is -2.32. The Kier molecular flexibility index (Phi) is 6.32. The van der Waals surface area contributed by atoms with Crippen LogP contribution in [0.1, 0.15) is 18.7 Å². The first-order chi connectivity index (χ1) is 17.4. The number of halogens is 3. The van der Waals surface area contributed by atoms with E-state index < -0.39 is 12.0 Å². The maximum Gasteiger partial charge on any atom is 0.453 e. The van der Waals surface area contributed by atoms with Crippen molar-refractivity contribution in [2.24, 2.45) is 16.1 Å². The van der Waals surface area contributed by atoms with Crippen LogP contribution >= 0.6 is 0 Å². The van der Waals surface area contributed by atoms with Gasteiger partial charge in [-0.2, -0.15) is 27.9 Å². The molecule has 1 aliphatic heterocycles. The first kappa shape index (κ1) is 23.4. The molecule has 1 aliphatic rings. The summed E-state index contributed by atoms with van der Waals surface area (Å²) in [5.41, 5.74) is 2.09. The molecule has 0 radical (unpaired) electrons. The highest BCUT2D eigenvalue weighted by atomic mass is 19.4. The fourth-order valence-electron chi connectivity index (χ4n) is 3.96. The topological polar surface area (TPSA) is 100 Å². The zero-order valence-corrected chi connectivity index (χ0v) is 18.9. The summed E-state index contributed by atoms with van der Waals surface area (Å²) in [7, 11) is 0. The predicted octanol–water partition coefficient (Wildman–Crippen LogP) is 5.41. The predicted molar refractivity (Wildman–Crippen MR) is 126 cm³/mol. The number of aromatic nitrogens is 4. The van der Waals surface area contributed by atoms with E-state index in [0.29, 0.717) is 47.6 Å². The average Bonchev–Trinajstić information content (AvgIpc) is 3.33. The van der Waals surface area contributed by atoms with E-state index in [1.165, 1.54) is 6.07 Å². The van der Waals surface area contributed by atoms with Crippen LogP contribution in [0.5, 0.6) is 0 Å². The fourth-order valence-corrected chi connectivity index (χ4v) is 3.96. The Morgan fingerprint density at radius 3 is 2.22 bits per heavy atom. The van der Waals surface area contributed by atoms with Crippen molar-refractivity contribution in [2.75, 3.05) is 23.3 Å². The number of amides is 1. The molecular weight excluding hydrogens is 473 g/mol. The van der Waals surface area contributed by atoms with Crippen molar-refractivity contribution < 1.29 is 18.0 Å². The molecular formula is C24H21F3N8O. The molecule has 0 aliphatic carbocycles. The van der Waals surface area contributed by atoms with E-state index in [9.17, 15) is 18.0 Å². The van der Waals surface area contributed by atoms with Gasteiger partial charge in [0.2, 0.25) is 5.91 Å². The molecule has 2 aromatic heterocycles. The standard InChI is InChI=1S/C24H21F3N8O/c25-24(26,27)23-32-31-20-10-11-21(33-35(20)23)34-14-12-16(13-15-34)22(36)28-17-6-8-19(9-7-17)30-29-18-4-2-1-3-5-18/h1-11,16H,12-15H2,(H,28,36). The van der Waals surface area contributed by atoms with Crippen molar-refractivity contribution in [2.45, 2.75) is 19.0 Å². The Balaban J connectivity index is 1.17. The third-order valence-electron chi connectivity index (χ3n) is 5.86. The summed E-state index contributed by atoms with van der Waals surface area (Å²) in [6.45, 7) is 0.970. The van der Waals surface area contributed by atoms with Crippen LogP contribution in [0.15, 0.2) is 77.0 Å². The van der Waals surface area contributed by atoms with Gasteiger partial charge in [-0.15, -0.1) is 15.3 Å². The number of nitrogens with one attached hydrogen (secondary N) is 1. The summed E-state index contributed by atoms with van der Waals surface area (Å²) < 4.78 is 40.1. The summed E-state index contributed by atoms with van der Waals surface area (Å²) in [5.74, 6) is -1.11. The molecule has 0 unspecified atom stereocenters. The smallest absolute Gasteiger partial charge is 0.355 e. The third kappa shape index (κ3) is 5.16. The summed E-state index contributed by atoms with van der Waals surface area (Å²) in [5, 5.41) is 22.1. The van der Waals surface area contributed by atoms with Crippen LogP contribution in [0.4, 0.5) is 36.1 Å². The highest BCUT2D eigenvalue weighted by Gasteiger charge is 2.38. The van der Waals surface area contributed by atoms with Crippen molar-refractivity contribution in [1.29, 1.82) is 0 Å². The van der Waals surface area contributed by atoms with E-state index in [0.717, 1.165) is 5.69 Å².